The van der Waals surface area contributed by atoms with Crippen molar-refractivity contribution in [1.82, 2.24) is 0 Å². The summed E-state index contributed by atoms with van der Waals surface area (Å²) in [5, 5.41) is 13.2. The second-order valence-electron chi connectivity index (χ2n) is 4.81. The van der Waals surface area contributed by atoms with E-state index in [4.69, 9.17) is 14.9 Å². The Labute approximate surface area is 146 Å². The predicted octanol–water partition coefficient (Wildman–Crippen LogP) is 2.54. The number of aliphatic hydroxyl groups is 1. The summed E-state index contributed by atoms with van der Waals surface area (Å²) >= 11 is 0. The summed E-state index contributed by atoms with van der Waals surface area (Å²) in [6.45, 7) is 1.71. The number of nitrogens with zero attached hydrogens (tertiary/aromatic N) is 1. The molecular weight excluding hydrogens is 397 g/mol. The summed E-state index contributed by atoms with van der Waals surface area (Å²) in [6, 6.07) is 10.7. The van der Waals surface area contributed by atoms with Gasteiger partial charge in [0.05, 0.1) is 19.9 Å². The number of ether oxygens (including phenoxy) is 1. The lowest BCUT2D eigenvalue weighted by Gasteiger charge is -2.18. The van der Waals surface area contributed by atoms with Crippen LogP contribution in [0.3, 0.4) is 0 Å². The molecule has 1 aromatic heterocycles. The maximum Gasteiger partial charge on any atom is 0.193 e. The molecule has 4 N–H and O–H groups in total. The van der Waals surface area contributed by atoms with Gasteiger partial charge in [0.2, 0.25) is 0 Å². The molecule has 0 saturated carbocycles. The first kappa shape index (κ1) is 18.3. The van der Waals surface area contributed by atoms with Crippen molar-refractivity contribution in [3.05, 3.63) is 48.4 Å². The number of guanidine groups is 1. The van der Waals surface area contributed by atoms with Gasteiger partial charge in [-0.1, -0.05) is 0 Å². The number of hydrogen-bond acceptors (Lipinski definition) is 4. The van der Waals surface area contributed by atoms with Gasteiger partial charge in [-0.15, -0.1) is 24.0 Å². The van der Waals surface area contributed by atoms with E-state index in [2.05, 4.69) is 10.3 Å². The largest absolute Gasteiger partial charge is 0.497 e. The molecule has 0 aliphatic rings. The van der Waals surface area contributed by atoms with Gasteiger partial charge in [-0.05, 0) is 43.3 Å². The summed E-state index contributed by atoms with van der Waals surface area (Å²) < 4.78 is 10.3. The van der Waals surface area contributed by atoms with E-state index in [1.807, 2.05) is 24.3 Å². The maximum atomic E-state index is 10.3. The molecule has 0 amide bonds. The lowest BCUT2D eigenvalue weighted by atomic mass is 10.0. The molecule has 0 aliphatic heterocycles. The number of rotatable bonds is 5. The monoisotopic (exact) mass is 417 g/mol. The summed E-state index contributed by atoms with van der Waals surface area (Å²) in [4.78, 5) is 4.13. The minimum Gasteiger partial charge on any atom is -0.497 e. The average molecular weight is 417 g/mol. The van der Waals surface area contributed by atoms with Gasteiger partial charge in [-0.3, -0.25) is 0 Å². The highest BCUT2D eigenvalue weighted by atomic mass is 127. The van der Waals surface area contributed by atoms with E-state index in [0.717, 1.165) is 11.4 Å². The van der Waals surface area contributed by atoms with Gasteiger partial charge in [0.25, 0.3) is 0 Å². The molecule has 1 aromatic carbocycles. The first-order chi connectivity index (χ1) is 10.0. The van der Waals surface area contributed by atoms with E-state index >= 15 is 0 Å². The molecule has 22 heavy (non-hydrogen) atoms. The molecule has 0 saturated heterocycles. The number of aliphatic imine (C=N–C) groups is 1. The molecule has 0 aliphatic carbocycles. The number of nitrogens with one attached hydrogen (secondary N) is 1. The van der Waals surface area contributed by atoms with Crippen LogP contribution in [0.1, 0.15) is 12.7 Å². The molecule has 2 rings (SSSR count). The standard InChI is InChI=1S/C15H19N3O3.HI/c1-15(19,13-4-3-9-21-13)10-17-14(16)18-11-5-7-12(20-2)8-6-11;/h3-9,19H,10H2,1-2H3,(H3,16,17,18);1H. The van der Waals surface area contributed by atoms with Crippen LogP contribution in [-0.2, 0) is 5.60 Å². The second kappa shape index (κ2) is 8.04. The lowest BCUT2D eigenvalue weighted by Crippen LogP contribution is -2.29. The van der Waals surface area contributed by atoms with E-state index in [-0.39, 0.29) is 36.5 Å². The van der Waals surface area contributed by atoms with Crippen molar-refractivity contribution in [3.63, 3.8) is 0 Å². The number of hydrogen-bond donors (Lipinski definition) is 3. The number of furan rings is 1. The SMILES string of the molecule is COc1ccc(NC(N)=NCC(C)(O)c2ccco2)cc1.I. The number of anilines is 1. The third kappa shape index (κ3) is 4.92. The highest BCUT2D eigenvalue weighted by Crippen LogP contribution is 2.21. The van der Waals surface area contributed by atoms with E-state index in [0.29, 0.717) is 5.76 Å². The molecule has 2 aromatic rings. The van der Waals surface area contributed by atoms with Crippen molar-refractivity contribution in [2.24, 2.45) is 10.7 Å². The molecule has 0 spiro atoms. The second-order valence-corrected chi connectivity index (χ2v) is 4.81. The van der Waals surface area contributed by atoms with Crippen molar-refractivity contribution < 1.29 is 14.3 Å². The van der Waals surface area contributed by atoms with Crippen molar-refractivity contribution >= 4 is 35.6 Å². The summed E-state index contributed by atoms with van der Waals surface area (Å²) in [6.07, 6.45) is 1.51. The highest BCUT2D eigenvalue weighted by Gasteiger charge is 2.25. The Bertz CT molecular complexity index is 595. The minimum atomic E-state index is -1.20. The van der Waals surface area contributed by atoms with Gasteiger partial charge in [0.15, 0.2) is 5.96 Å². The molecule has 6 nitrogen and oxygen atoms in total. The zero-order chi connectivity index (χ0) is 15.3. The zero-order valence-corrected chi connectivity index (χ0v) is 14.8. The van der Waals surface area contributed by atoms with E-state index in [1.165, 1.54) is 6.26 Å². The van der Waals surface area contributed by atoms with Crippen LogP contribution in [-0.4, -0.2) is 24.7 Å². The smallest absolute Gasteiger partial charge is 0.193 e. The molecule has 1 unspecified atom stereocenters. The Morgan fingerprint density at radius 2 is 2.05 bits per heavy atom. The fraction of sp³-hybridized carbons (Fsp3) is 0.267. The summed E-state index contributed by atoms with van der Waals surface area (Å²) in [5.41, 5.74) is 5.39. The van der Waals surface area contributed by atoms with Gasteiger partial charge in [0, 0.05) is 5.69 Å². The molecule has 1 atom stereocenters. The third-order valence-electron chi connectivity index (χ3n) is 2.97. The third-order valence-corrected chi connectivity index (χ3v) is 2.97. The van der Waals surface area contributed by atoms with E-state index in [9.17, 15) is 5.11 Å². The van der Waals surface area contributed by atoms with Crippen LogP contribution in [0, 0.1) is 0 Å². The normalized spacial score (nSPS) is 13.9. The van der Waals surface area contributed by atoms with Crippen LogP contribution in [0.4, 0.5) is 5.69 Å². The van der Waals surface area contributed by atoms with Gasteiger partial charge in [0.1, 0.15) is 17.1 Å². The van der Waals surface area contributed by atoms with Crippen LogP contribution in [0.2, 0.25) is 0 Å². The number of halogens is 1. The minimum absolute atomic E-state index is 0. The fourth-order valence-electron chi connectivity index (χ4n) is 1.76. The van der Waals surface area contributed by atoms with Gasteiger partial charge in [-0.2, -0.15) is 0 Å². The zero-order valence-electron chi connectivity index (χ0n) is 12.4. The molecule has 120 valence electrons. The Hall–Kier alpha value is -1.74. The van der Waals surface area contributed by atoms with Gasteiger partial charge in [-0.25, -0.2) is 4.99 Å². The van der Waals surface area contributed by atoms with Crippen LogP contribution in [0.5, 0.6) is 5.75 Å². The molecule has 0 radical (unpaired) electrons. The quantitative estimate of drug-likeness (QED) is 0.395. The van der Waals surface area contributed by atoms with Crippen molar-refractivity contribution in [2.75, 3.05) is 19.0 Å². The number of benzene rings is 1. The lowest BCUT2D eigenvalue weighted by molar-refractivity contribution is 0.0438. The Morgan fingerprint density at radius 1 is 1.36 bits per heavy atom. The number of nitrogens with two attached hydrogens (primary N) is 1. The summed E-state index contributed by atoms with van der Waals surface area (Å²) in [5.74, 6) is 1.42. The van der Waals surface area contributed by atoms with Crippen LogP contribution < -0.4 is 15.8 Å². The van der Waals surface area contributed by atoms with Crippen LogP contribution >= 0.6 is 24.0 Å². The Morgan fingerprint density at radius 3 is 2.59 bits per heavy atom. The van der Waals surface area contributed by atoms with Gasteiger partial charge < -0.3 is 25.3 Å². The molecular formula is C15H20IN3O3. The Balaban J connectivity index is 0.00000242. The van der Waals surface area contributed by atoms with E-state index in [1.54, 1.807) is 26.2 Å². The Kier molecular flexibility index (Phi) is 6.69. The topological polar surface area (TPSA) is 93.0 Å². The summed E-state index contributed by atoms with van der Waals surface area (Å²) in [7, 11) is 1.61. The average Bonchev–Trinajstić information content (AvgIpc) is 3.01. The first-order valence-electron chi connectivity index (χ1n) is 6.48. The van der Waals surface area contributed by atoms with Crippen LogP contribution in [0.15, 0.2) is 52.1 Å². The van der Waals surface area contributed by atoms with Gasteiger partial charge >= 0.3 is 0 Å². The maximum absolute atomic E-state index is 10.3. The number of methoxy groups -OCH3 is 1. The highest BCUT2D eigenvalue weighted by molar-refractivity contribution is 14.0. The van der Waals surface area contributed by atoms with E-state index < -0.39 is 5.60 Å². The molecule has 7 heteroatoms. The van der Waals surface area contributed by atoms with Crippen molar-refractivity contribution in [3.8, 4) is 5.75 Å². The molecule has 0 bridgehead atoms. The molecule has 1 heterocycles. The van der Waals surface area contributed by atoms with Crippen LogP contribution in [0.25, 0.3) is 0 Å². The fourth-order valence-corrected chi connectivity index (χ4v) is 1.76. The van der Waals surface area contributed by atoms with Crippen molar-refractivity contribution in [1.29, 1.82) is 0 Å². The van der Waals surface area contributed by atoms with Crippen molar-refractivity contribution in [2.45, 2.75) is 12.5 Å². The molecule has 0 fully saturated rings. The predicted molar refractivity (Wildman–Crippen MR) is 96.8 cm³/mol. The first-order valence-corrected chi connectivity index (χ1v) is 6.48.